The molecule has 5 nitrogen and oxygen atoms in total. The van der Waals surface area contributed by atoms with E-state index in [-0.39, 0.29) is 0 Å². The number of para-hydroxylation sites is 1. The SMILES string of the molecule is CC.c1ccc(-c2nc(-c3ccc4ccccc4c3)nc(-n3c4c(-c5ccc6c(c5)oc5ccc7ccccc7c56)cccc4c4c5ccccc5c5ccccc5c43)n2)cc1. The molecule has 10 aromatic carbocycles. The quantitative estimate of drug-likeness (QED) is 0.167. The third kappa shape index (κ3) is 5.45. The highest BCUT2D eigenvalue weighted by atomic mass is 16.3. The first kappa shape index (κ1) is 35.8. The van der Waals surface area contributed by atoms with E-state index in [1.165, 1.54) is 32.3 Å². The normalized spacial score (nSPS) is 11.7. The molecule has 292 valence electrons. The summed E-state index contributed by atoms with van der Waals surface area (Å²) in [5.41, 5.74) is 7.74. The second-order valence-electron chi connectivity index (χ2n) is 15.5. The molecule has 0 aliphatic rings. The van der Waals surface area contributed by atoms with Gasteiger partial charge < -0.3 is 4.42 Å². The summed E-state index contributed by atoms with van der Waals surface area (Å²) < 4.78 is 8.94. The Morgan fingerprint density at radius 2 is 0.968 bits per heavy atom. The van der Waals surface area contributed by atoms with E-state index in [9.17, 15) is 0 Å². The summed E-state index contributed by atoms with van der Waals surface area (Å²) in [7, 11) is 0. The number of hydrogen-bond donors (Lipinski definition) is 0. The van der Waals surface area contributed by atoms with Gasteiger partial charge in [-0.1, -0.05) is 184 Å². The minimum Gasteiger partial charge on any atom is -0.456 e. The van der Waals surface area contributed by atoms with Gasteiger partial charge in [-0.25, -0.2) is 4.98 Å². The maximum atomic E-state index is 6.64. The lowest BCUT2D eigenvalue weighted by Crippen LogP contribution is -2.07. The molecule has 5 heteroatoms. The van der Waals surface area contributed by atoms with E-state index in [1.54, 1.807) is 0 Å². The zero-order valence-corrected chi connectivity index (χ0v) is 34.2. The topological polar surface area (TPSA) is 56.7 Å². The van der Waals surface area contributed by atoms with Crippen molar-refractivity contribution in [2.75, 3.05) is 0 Å². The van der Waals surface area contributed by atoms with Crippen molar-refractivity contribution in [1.82, 2.24) is 19.5 Å². The van der Waals surface area contributed by atoms with E-state index in [0.29, 0.717) is 17.6 Å². The van der Waals surface area contributed by atoms with Crippen LogP contribution in [0.25, 0.3) is 127 Å². The summed E-state index contributed by atoms with van der Waals surface area (Å²) >= 11 is 0. The summed E-state index contributed by atoms with van der Waals surface area (Å²) in [4.78, 5) is 16.0. The van der Waals surface area contributed by atoms with Crippen molar-refractivity contribution in [2.45, 2.75) is 13.8 Å². The lowest BCUT2D eigenvalue weighted by molar-refractivity contribution is 0.669. The van der Waals surface area contributed by atoms with E-state index in [0.717, 1.165) is 76.8 Å². The summed E-state index contributed by atoms with van der Waals surface area (Å²) in [5.74, 6) is 1.77. The third-order valence-electron chi connectivity index (χ3n) is 12.2. The fourth-order valence-corrected chi connectivity index (χ4v) is 9.51. The van der Waals surface area contributed by atoms with Gasteiger partial charge in [0.2, 0.25) is 5.95 Å². The molecular formula is C57H38N4O. The smallest absolute Gasteiger partial charge is 0.238 e. The van der Waals surface area contributed by atoms with Gasteiger partial charge in [0.1, 0.15) is 11.2 Å². The van der Waals surface area contributed by atoms with Crippen molar-refractivity contribution in [3.8, 4) is 39.9 Å². The Balaban J connectivity index is 0.00000202. The average molecular weight is 795 g/mol. The van der Waals surface area contributed by atoms with Crippen LogP contribution in [-0.4, -0.2) is 19.5 Å². The fraction of sp³-hybridized carbons (Fsp3) is 0.0351. The molecule has 62 heavy (non-hydrogen) atoms. The van der Waals surface area contributed by atoms with E-state index in [4.69, 9.17) is 19.4 Å². The lowest BCUT2D eigenvalue weighted by Gasteiger charge is -2.14. The first-order valence-electron chi connectivity index (χ1n) is 21.3. The number of furan rings is 1. The van der Waals surface area contributed by atoms with E-state index in [1.807, 2.05) is 32.0 Å². The van der Waals surface area contributed by atoms with E-state index < -0.39 is 0 Å². The lowest BCUT2D eigenvalue weighted by atomic mass is 9.95. The molecule has 0 bridgehead atoms. The average Bonchev–Trinajstić information content (AvgIpc) is 3.91. The van der Waals surface area contributed by atoms with Gasteiger partial charge >= 0.3 is 0 Å². The van der Waals surface area contributed by atoms with Crippen molar-refractivity contribution in [1.29, 1.82) is 0 Å². The first-order valence-corrected chi connectivity index (χ1v) is 21.3. The molecule has 0 unspecified atom stereocenters. The van der Waals surface area contributed by atoms with Crippen LogP contribution in [0, 0.1) is 0 Å². The highest BCUT2D eigenvalue weighted by Gasteiger charge is 2.24. The van der Waals surface area contributed by atoms with Crippen LogP contribution < -0.4 is 0 Å². The summed E-state index contributed by atoms with van der Waals surface area (Å²) in [6, 6.07) is 68.5. The predicted molar refractivity (Wildman–Crippen MR) is 259 cm³/mol. The van der Waals surface area contributed by atoms with Crippen molar-refractivity contribution in [3.63, 3.8) is 0 Å². The Morgan fingerprint density at radius 3 is 1.77 bits per heavy atom. The van der Waals surface area contributed by atoms with Gasteiger partial charge in [-0.3, -0.25) is 4.57 Å². The molecule has 0 aliphatic heterocycles. The number of hydrogen-bond acceptors (Lipinski definition) is 4. The van der Waals surface area contributed by atoms with Gasteiger partial charge in [0.25, 0.3) is 0 Å². The number of aromatic nitrogens is 4. The Kier molecular flexibility index (Phi) is 8.22. The molecule has 0 saturated carbocycles. The molecule has 13 rings (SSSR count). The second kappa shape index (κ2) is 14.3. The summed E-state index contributed by atoms with van der Waals surface area (Å²) in [6.45, 7) is 4.00. The second-order valence-corrected chi connectivity index (χ2v) is 15.5. The molecule has 0 radical (unpaired) electrons. The maximum Gasteiger partial charge on any atom is 0.238 e. The van der Waals surface area contributed by atoms with Crippen LogP contribution in [0.2, 0.25) is 0 Å². The van der Waals surface area contributed by atoms with Crippen molar-refractivity contribution in [2.24, 2.45) is 0 Å². The highest BCUT2D eigenvalue weighted by molar-refractivity contribution is 6.33. The fourth-order valence-electron chi connectivity index (χ4n) is 9.51. The minimum atomic E-state index is 0.552. The van der Waals surface area contributed by atoms with Crippen LogP contribution in [0.1, 0.15) is 13.8 Å². The molecule has 0 spiro atoms. The maximum absolute atomic E-state index is 6.64. The molecule has 0 aliphatic carbocycles. The van der Waals surface area contributed by atoms with Crippen LogP contribution in [0.15, 0.2) is 199 Å². The van der Waals surface area contributed by atoms with Crippen LogP contribution in [0.4, 0.5) is 0 Å². The van der Waals surface area contributed by atoms with Gasteiger partial charge in [-0.15, -0.1) is 0 Å². The Morgan fingerprint density at radius 1 is 0.355 bits per heavy atom. The zero-order chi connectivity index (χ0) is 41.3. The molecule has 0 fully saturated rings. The largest absolute Gasteiger partial charge is 0.456 e. The van der Waals surface area contributed by atoms with Gasteiger partial charge in [0.05, 0.1) is 11.0 Å². The molecule has 0 atom stereocenters. The molecule has 0 N–H and O–H groups in total. The number of nitrogens with zero attached hydrogens (tertiary/aromatic N) is 4. The van der Waals surface area contributed by atoms with Gasteiger partial charge in [0.15, 0.2) is 11.6 Å². The standard InChI is InChI=1S/C55H32N4O.C2H6/c1-2-15-35(16-3-1)53-56-54(38-26-25-33-13-4-5-17-36(33)31-38)58-55(57-53)59-51-40(37-27-29-45-48(32-37)60-47-30-28-34-14-6-7-18-39(34)49(45)47)23-12-24-46(51)50-43-21-10-8-19-41(43)42-20-9-11-22-44(42)52(50)59;1-2/h1-32H;1-2H3. The number of fused-ring (bicyclic) bond motifs is 14. The molecule has 0 saturated heterocycles. The van der Waals surface area contributed by atoms with E-state index in [2.05, 4.69) is 180 Å². The monoisotopic (exact) mass is 794 g/mol. The number of benzene rings is 10. The van der Waals surface area contributed by atoms with Gasteiger partial charge in [-0.2, -0.15) is 9.97 Å². The zero-order valence-electron chi connectivity index (χ0n) is 34.2. The van der Waals surface area contributed by atoms with Crippen molar-refractivity contribution < 1.29 is 4.42 Å². The molecule has 3 aromatic heterocycles. The van der Waals surface area contributed by atoms with Crippen LogP contribution in [0.5, 0.6) is 0 Å². The van der Waals surface area contributed by atoms with Crippen LogP contribution in [0.3, 0.4) is 0 Å². The Labute approximate surface area is 357 Å². The molecule has 3 heterocycles. The third-order valence-corrected chi connectivity index (χ3v) is 12.2. The predicted octanol–water partition coefficient (Wildman–Crippen LogP) is 15.5. The molecule has 0 amide bonds. The molecular weight excluding hydrogens is 757 g/mol. The number of rotatable bonds is 4. The summed E-state index contributed by atoms with van der Waals surface area (Å²) in [5, 5.41) is 13.9. The Hall–Kier alpha value is -8.15. The molecule has 13 aromatic rings. The summed E-state index contributed by atoms with van der Waals surface area (Å²) in [6.07, 6.45) is 0. The van der Waals surface area contributed by atoms with Crippen molar-refractivity contribution >= 4 is 86.8 Å². The van der Waals surface area contributed by atoms with Gasteiger partial charge in [0, 0.05) is 43.6 Å². The first-order chi connectivity index (χ1) is 30.7. The highest BCUT2D eigenvalue weighted by Crippen LogP contribution is 2.46. The van der Waals surface area contributed by atoms with E-state index >= 15 is 0 Å². The van der Waals surface area contributed by atoms with Crippen LogP contribution in [-0.2, 0) is 0 Å². The van der Waals surface area contributed by atoms with Gasteiger partial charge in [-0.05, 0) is 67.5 Å². The van der Waals surface area contributed by atoms with Crippen LogP contribution >= 0.6 is 0 Å². The van der Waals surface area contributed by atoms with Crippen molar-refractivity contribution in [3.05, 3.63) is 194 Å². The minimum absolute atomic E-state index is 0.552. The Bertz CT molecular complexity index is 3900.